The van der Waals surface area contributed by atoms with Gasteiger partial charge in [0.15, 0.2) is 5.82 Å². The van der Waals surface area contributed by atoms with E-state index in [9.17, 15) is 18.3 Å². The minimum absolute atomic E-state index is 0.0713. The molecule has 3 rings (SSSR count). The van der Waals surface area contributed by atoms with Crippen LogP contribution in [0.2, 0.25) is 0 Å². The third-order valence-electron chi connectivity index (χ3n) is 4.03. The van der Waals surface area contributed by atoms with Crippen molar-refractivity contribution in [3.8, 4) is 5.69 Å². The van der Waals surface area contributed by atoms with E-state index in [0.717, 1.165) is 31.5 Å². The molecule has 9 heteroatoms. The van der Waals surface area contributed by atoms with Crippen LogP contribution in [0.25, 0.3) is 5.69 Å². The molecule has 2 heterocycles. The number of nitrogens with zero attached hydrogens (tertiary/aromatic N) is 5. The first-order chi connectivity index (χ1) is 11.0. The van der Waals surface area contributed by atoms with Crippen molar-refractivity contribution in [2.24, 2.45) is 0 Å². The zero-order chi connectivity index (χ0) is 16.4. The summed E-state index contributed by atoms with van der Waals surface area (Å²) in [5.74, 6) is 0.533. The van der Waals surface area contributed by atoms with Crippen molar-refractivity contribution in [2.75, 3.05) is 13.2 Å². The third kappa shape index (κ3) is 3.35. The third-order valence-corrected chi connectivity index (χ3v) is 4.03. The lowest BCUT2D eigenvalue weighted by atomic mass is 10.2. The van der Waals surface area contributed by atoms with Gasteiger partial charge in [-0.25, -0.2) is 0 Å². The zero-order valence-electron chi connectivity index (χ0n) is 12.2. The topological polar surface area (TPSA) is 67.1 Å². The maximum Gasteiger partial charge on any atom is 0.416 e. The van der Waals surface area contributed by atoms with Gasteiger partial charge in [0.2, 0.25) is 0 Å². The van der Waals surface area contributed by atoms with E-state index in [1.54, 1.807) is 0 Å². The quantitative estimate of drug-likeness (QED) is 0.925. The van der Waals surface area contributed by atoms with Gasteiger partial charge in [-0.1, -0.05) is 0 Å². The van der Waals surface area contributed by atoms with Crippen molar-refractivity contribution < 1.29 is 18.3 Å². The second-order valence-corrected chi connectivity index (χ2v) is 5.50. The average molecular weight is 327 g/mol. The van der Waals surface area contributed by atoms with Crippen molar-refractivity contribution in [2.45, 2.75) is 31.6 Å². The Bertz CT molecular complexity index is 655. The van der Waals surface area contributed by atoms with Crippen molar-refractivity contribution in [1.82, 2.24) is 25.1 Å². The number of hydrogen-bond acceptors (Lipinski definition) is 5. The number of halogens is 3. The summed E-state index contributed by atoms with van der Waals surface area (Å²) in [6, 6.07) is 4.78. The Balaban J connectivity index is 1.81. The number of aliphatic hydroxyl groups is 1. The van der Waals surface area contributed by atoms with E-state index >= 15 is 0 Å². The summed E-state index contributed by atoms with van der Waals surface area (Å²) in [6.45, 7) is 1.35. The second kappa shape index (κ2) is 6.25. The molecule has 1 N–H and O–H groups in total. The van der Waals surface area contributed by atoms with E-state index in [1.165, 1.54) is 16.8 Å². The van der Waals surface area contributed by atoms with Crippen LogP contribution < -0.4 is 0 Å². The van der Waals surface area contributed by atoms with E-state index < -0.39 is 11.7 Å². The lowest BCUT2D eigenvalue weighted by Crippen LogP contribution is -2.32. The molecule has 1 aliphatic rings. The van der Waals surface area contributed by atoms with Crippen LogP contribution in [0.4, 0.5) is 13.2 Å². The van der Waals surface area contributed by atoms with Gasteiger partial charge in [0, 0.05) is 6.04 Å². The minimum atomic E-state index is -4.37. The Morgan fingerprint density at radius 1 is 1.22 bits per heavy atom. The first-order valence-electron chi connectivity index (χ1n) is 7.29. The number of hydrogen-bond donors (Lipinski definition) is 1. The molecule has 1 saturated heterocycles. The zero-order valence-corrected chi connectivity index (χ0v) is 12.2. The van der Waals surface area contributed by atoms with Gasteiger partial charge in [-0.15, -0.1) is 5.10 Å². The Kier molecular flexibility index (Phi) is 4.31. The number of rotatable bonds is 4. The Morgan fingerprint density at radius 3 is 2.61 bits per heavy atom. The normalized spacial score (nSPS) is 19.4. The average Bonchev–Trinajstić information content (AvgIpc) is 3.16. The van der Waals surface area contributed by atoms with Crippen LogP contribution in [0.5, 0.6) is 0 Å². The second-order valence-electron chi connectivity index (χ2n) is 5.50. The van der Waals surface area contributed by atoms with E-state index in [-0.39, 0.29) is 12.6 Å². The monoisotopic (exact) mass is 327 g/mol. The number of tetrazole rings is 1. The lowest BCUT2D eigenvalue weighted by Gasteiger charge is -2.21. The van der Waals surface area contributed by atoms with Crippen LogP contribution in [0, 0.1) is 0 Å². The van der Waals surface area contributed by atoms with Gasteiger partial charge in [0.1, 0.15) is 0 Å². The van der Waals surface area contributed by atoms with E-state index in [1.807, 2.05) is 0 Å². The Hall–Kier alpha value is -2.00. The number of alkyl halides is 3. The largest absolute Gasteiger partial charge is 0.416 e. The highest BCUT2D eigenvalue weighted by Crippen LogP contribution is 2.29. The van der Waals surface area contributed by atoms with Crippen LogP contribution in [0.3, 0.4) is 0 Å². The van der Waals surface area contributed by atoms with Crippen molar-refractivity contribution in [1.29, 1.82) is 0 Å². The summed E-state index contributed by atoms with van der Waals surface area (Å²) in [5.41, 5.74) is -0.242. The summed E-state index contributed by atoms with van der Waals surface area (Å²) in [4.78, 5) is 2.08. The molecule has 124 valence electrons. The molecule has 1 fully saturated rings. The molecule has 0 unspecified atom stereocenters. The van der Waals surface area contributed by atoms with Gasteiger partial charge in [-0.3, -0.25) is 4.90 Å². The van der Waals surface area contributed by atoms with Crippen LogP contribution in [-0.2, 0) is 12.7 Å². The van der Waals surface area contributed by atoms with Crippen LogP contribution in [-0.4, -0.2) is 49.4 Å². The fourth-order valence-corrected chi connectivity index (χ4v) is 2.79. The molecule has 1 aliphatic heterocycles. The van der Waals surface area contributed by atoms with Crippen molar-refractivity contribution in [3.05, 3.63) is 35.7 Å². The maximum absolute atomic E-state index is 12.6. The molecule has 1 aromatic heterocycles. The van der Waals surface area contributed by atoms with Gasteiger partial charge in [0.05, 0.1) is 24.4 Å². The first-order valence-corrected chi connectivity index (χ1v) is 7.29. The molecule has 0 amide bonds. The highest BCUT2D eigenvalue weighted by atomic mass is 19.4. The molecule has 6 nitrogen and oxygen atoms in total. The number of aromatic nitrogens is 4. The molecular formula is C14H16F3N5O. The summed E-state index contributed by atoms with van der Waals surface area (Å²) in [5, 5.41) is 20.8. The molecule has 0 bridgehead atoms. The predicted octanol–water partition coefficient (Wildman–Crippen LogP) is 1.64. The highest BCUT2D eigenvalue weighted by Gasteiger charge is 2.30. The Labute approximate surface area is 130 Å². The molecule has 1 atom stereocenters. The van der Waals surface area contributed by atoms with Crippen LogP contribution in [0.1, 0.15) is 24.2 Å². The predicted molar refractivity (Wildman–Crippen MR) is 74.7 cm³/mol. The molecule has 0 radical (unpaired) electrons. The highest BCUT2D eigenvalue weighted by molar-refractivity contribution is 5.35. The van der Waals surface area contributed by atoms with Crippen LogP contribution >= 0.6 is 0 Å². The SMILES string of the molecule is OC[C@H]1CCCN1Cc1nnnn1-c1ccc(C(F)(F)F)cc1. The van der Waals surface area contributed by atoms with Crippen molar-refractivity contribution in [3.63, 3.8) is 0 Å². The van der Waals surface area contributed by atoms with E-state index in [0.29, 0.717) is 18.1 Å². The van der Waals surface area contributed by atoms with Gasteiger partial charge < -0.3 is 5.11 Å². The first kappa shape index (κ1) is 15.9. The van der Waals surface area contributed by atoms with Crippen LogP contribution in [0.15, 0.2) is 24.3 Å². The maximum atomic E-state index is 12.6. The summed E-state index contributed by atoms with van der Waals surface area (Å²) >= 11 is 0. The minimum Gasteiger partial charge on any atom is -0.395 e. The molecular weight excluding hydrogens is 311 g/mol. The molecule has 0 aliphatic carbocycles. The fraction of sp³-hybridized carbons (Fsp3) is 0.500. The molecule has 0 spiro atoms. The summed E-state index contributed by atoms with van der Waals surface area (Å²) in [6.07, 6.45) is -2.46. The Morgan fingerprint density at radius 2 is 1.96 bits per heavy atom. The standard InChI is InChI=1S/C14H16F3N5O/c15-14(16,17)10-3-5-11(6-4-10)22-13(18-19-20-22)8-21-7-1-2-12(21)9-23/h3-6,12,23H,1-2,7-9H2/t12-/m1/s1. The molecule has 1 aromatic carbocycles. The fourth-order valence-electron chi connectivity index (χ4n) is 2.79. The van der Waals surface area contributed by atoms with E-state index in [4.69, 9.17) is 0 Å². The number of likely N-dealkylation sites (tertiary alicyclic amines) is 1. The molecule has 23 heavy (non-hydrogen) atoms. The summed E-state index contributed by atoms with van der Waals surface area (Å²) < 4.78 is 39.3. The van der Waals surface area contributed by atoms with E-state index in [2.05, 4.69) is 20.4 Å². The smallest absolute Gasteiger partial charge is 0.395 e. The van der Waals surface area contributed by atoms with Gasteiger partial charge in [-0.2, -0.15) is 17.9 Å². The van der Waals surface area contributed by atoms with Gasteiger partial charge in [-0.05, 0) is 54.1 Å². The van der Waals surface area contributed by atoms with Gasteiger partial charge >= 0.3 is 6.18 Å². The molecule has 2 aromatic rings. The number of benzene rings is 1. The molecule has 0 saturated carbocycles. The van der Waals surface area contributed by atoms with Gasteiger partial charge in [0.25, 0.3) is 0 Å². The summed E-state index contributed by atoms with van der Waals surface area (Å²) in [7, 11) is 0. The van der Waals surface area contributed by atoms with Crippen molar-refractivity contribution >= 4 is 0 Å². The number of aliphatic hydroxyl groups excluding tert-OH is 1. The lowest BCUT2D eigenvalue weighted by molar-refractivity contribution is -0.137.